The molecule has 1 aromatic carbocycles. The van der Waals surface area contributed by atoms with Crippen molar-refractivity contribution < 1.29 is 14.3 Å². The van der Waals surface area contributed by atoms with Gasteiger partial charge in [-0.05, 0) is 30.3 Å². The Labute approximate surface area is 176 Å². The van der Waals surface area contributed by atoms with Crippen molar-refractivity contribution in [2.24, 2.45) is 0 Å². The van der Waals surface area contributed by atoms with Crippen LogP contribution in [0, 0.1) is 0 Å². The third kappa shape index (κ3) is 3.93. The number of amides is 2. The summed E-state index contributed by atoms with van der Waals surface area (Å²) in [7, 11) is 0. The van der Waals surface area contributed by atoms with Crippen molar-refractivity contribution in [1.82, 2.24) is 9.88 Å². The van der Waals surface area contributed by atoms with Gasteiger partial charge >= 0.3 is 0 Å². The Morgan fingerprint density at radius 2 is 1.96 bits per heavy atom. The molecule has 0 radical (unpaired) electrons. The van der Waals surface area contributed by atoms with Gasteiger partial charge in [-0.2, -0.15) is 0 Å². The molecule has 4 rings (SSSR count). The molecule has 0 spiro atoms. The summed E-state index contributed by atoms with van der Waals surface area (Å²) in [5.74, 6) is 1.15. The summed E-state index contributed by atoms with van der Waals surface area (Å²) in [5.41, 5.74) is 0.622. The number of rotatable bonds is 3. The summed E-state index contributed by atoms with van der Waals surface area (Å²) in [6, 6.07) is 9.10. The van der Waals surface area contributed by atoms with Crippen molar-refractivity contribution in [1.29, 1.82) is 0 Å². The van der Waals surface area contributed by atoms with E-state index in [0.717, 1.165) is 10.3 Å². The number of aromatic nitrogens is 1. The third-order valence-electron chi connectivity index (χ3n) is 4.83. The van der Waals surface area contributed by atoms with Crippen molar-refractivity contribution in [3.05, 3.63) is 46.0 Å². The largest absolute Gasteiger partial charge is 0.482 e. The Morgan fingerprint density at radius 1 is 1.18 bits per heavy atom. The molecule has 2 aliphatic heterocycles. The quantitative estimate of drug-likeness (QED) is 0.697. The molecule has 1 fully saturated rings. The van der Waals surface area contributed by atoms with Crippen molar-refractivity contribution in [3.8, 4) is 5.75 Å². The minimum absolute atomic E-state index is 0.00994. The highest BCUT2D eigenvalue weighted by molar-refractivity contribution is 9.10. The molecule has 146 valence electrons. The molecule has 2 amide bonds. The van der Waals surface area contributed by atoms with Gasteiger partial charge in [0.1, 0.15) is 18.1 Å². The van der Waals surface area contributed by atoms with E-state index in [1.165, 1.54) is 4.90 Å². The molecule has 0 saturated carbocycles. The van der Waals surface area contributed by atoms with Crippen LogP contribution in [-0.4, -0.2) is 61.0 Å². The van der Waals surface area contributed by atoms with E-state index in [1.54, 1.807) is 29.3 Å². The molecule has 1 aromatic heterocycles. The van der Waals surface area contributed by atoms with Crippen molar-refractivity contribution in [2.45, 2.75) is 0 Å². The van der Waals surface area contributed by atoms with Crippen LogP contribution < -0.4 is 14.5 Å². The second-order valence-corrected chi connectivity index (χ2v) is 7.94. The Bertz CT molecular complexity index is 901. The minimum atomic E-state index is -0.216. The minimum Gasteiger partial charge on any atom is -0.482 e. The van der Waals surface area contributed by atoms with E-state index in [0.29, 0.717) is 42.6 Å². The van der Waals surface area contributed by atoms with Gasteiger partial charge in [-0.3, -0.25) is 14.5 Å². The monoisotopic (exact) mass is 464 g/mol. The maximum absolute atomic E-state index is 12.8. The Balaban J connectivity index is 1.40. The van der Waals surface area contributed by atoms with E-state index in [2.05, 4.69) is 25.8 Å². The van der Waals surface area contributed by atoms with Crippen LogP contribution >= 0.6 is 27.5 Å². The van der Waals surface area contributed by atoms with Crippen LogP contribution in [0.2, 0.25) is 5.02 Å². The van der Waals surface area contributed by atoms with Crippen molar-refractivity contribution >= 4 is 50.9 Å². The smallest absolute Gasteiger partial charge is 0.265 e. The third-order valence-corrected chi connectivity index (χ3v) is 5.54. The van der Waals surface area contributed by atoms with Gasteiger partial charge in [-0.1, -0.05) is 27.5 Å². The number of nitrogens with zero attached hydrogens (tertiary/aromatic N) is 4. The fourth-order valence-electron chi connectivity index (χ4n) is 3.33. The van der Waals surface area contributed by atoms with E-state index >= 15 is 0 Å². The zero-order valence-electron chi connectivity index (χ0n) is 15.0. The fourth-order valence-corrected chi connectivity index (χ4v) is 3.78. The number of benzene rings is 1. The topological polar surface area (TPSA) is 66.0 Å². The lowest BCUT2D eigenvalue weighted by Crippen LogP contribution is -2.53. The highest BCUT2D eigenvalue weighted by Gasteiger charge is 2.30. The highest BCUT2D eigenvalue weighted by atomic mass is 79.9. The molecular weight excluding hydrogens is 448 g/mol. The van der Waals surface area contributed by atoms with E-state index in [4.69, 9.17) is 16.3 Å². The molecule has 7 nitrogen and oxygen atoms in total. The first-order valence-corrected chi connectivity index (χ1v) is 10.1. The van der Waals surface area contributed by atoms with Crippen LogP contribution in [0.25, 0.3) is 0 Å². The maximum atomic E-state index is 12.8. The number of halogens is 2. The molecule has 9 heteroatoms. The van der Waals surface area contributed by atoms with Gasteiger partial charge in [0.25, 0.3) is 5.91 Å². The van der Waals surface area contributed by atoms with Gasteiger partial charge in [-0.25, -0.2) is 4.98 Å². The predicted molar refractivity (Wildman–Crippen MR) is 110 cm³/mol. The molecule has 0 aliphatic carbocycles. The molecule has 0 atom stereocenters. The SMILES string of the molecule is O=C(CN1C(=O)COc2cc(Br)ccc21)N1CCN(c2ccc(Cl)cn2)CC1. The van der Waals surface area contributed by atoms with Crippen LogP contribution in [0.1, 0.15) is 0 Å². The van der Waals surface area contributed by atoms with Crippen LogP contribution in [-0.2, 0) is 9.59 Å². The summed E-state index contributed by atoms with van der Waals surface area (Å²) in [6.45, 7) is 2.47. The Hall–Kier alpha value is -2.32. The second kappa shape index (κ2) is 7.97. The number of piperazine rings is 1. The molecule has 2 aromatic rings. The summed E-state index contributed by atoms with van der Waals surface area (Å²) in [4.78, 5) is 34.9. The average molecular weight is 466 g/mol. The number of anilines is 2. The summed E-state index contributed by atoms with van der Waals surface area (Å²) in [5, 5.41) is 0.597. The molecule has 28 heavy (non-hydrogen) atoms. The Morgan fingerprint density at radius 3 is 2.68 bits per heavy atom. The second-order valence-electron chi connectivity index (χ2n) is 6.58. The van der Waals surface area contributed by atoms with Crippen LogP contribution in [0.5, 0.6) is 5.75 Å². The highest BCUT2D eigenvalue weighted by Crippen LogP contribution is 2.34. The first kappa shape index (κ1) is 19.0. The molecule has 0 unspecified atom stereocenters. The number of hydrogen-bond donors (Lipinski definition) is 0. The standard InChI is InChI=1S/C19H18BrClN4O3/c20-13-1-3-15-16(9-13)28-12-19(27)25(15)11-18(26)24-7-5-23(6-8-24)17-4-2-14(21)10-22-17/h1-4,9-10H,5-8,11-12H2. The predicted octanol–water partition coefficient (Wildman–Crippen LogP) is 2.57. The van der Waals surface area contributed by atoms with Gasteiger partial charge in [0, 0.05) is 36.8 Å². The van der Waals surface area contributed by atoms with E-state index < -0.39 is 0 Å². The van der Waals surface area contributed by atoms with Crippen LogP contribution in [0.3, 0.4) is 0 Å². The number of ether oxygens (including phenoxy) is 1. The van der Waals surface area contributed by atoms with E-state index in [1.807, 2.05) is 12.1 Å². The molecular formula is C19H18BrClN4O3. The van der Waals surface area contributed by atoms with Gasteiger partial charge < -0.3 is 14.5 Å². The van der Waals surface area contributed by atoms with Crippen LogP contribution in [0.4, 0.5) is 11.5 Å². The Kier molecular flexibility index (Phi) is 5.41. The number of hydrogen-bond acceptors (Lipinski definition) is 5. The fraction of sp³-hybridized carbons (Fsp3) is 0.316. The summed E-state index contributed by atoms with van der Waals surface area (Å²) >= 11 is 9.28. The van der Waals surface area contributed by atoms with Crippen molar-refractivity contribution in [3.63, 3.8) is 0 Å². The number of pyridine rings is 1. The molecule has 0 bridgehead atoms. The first-order valence-electron chi connectivity index (χ1n) is 8.88. The average Bonchev–Trinajstić information content (AvgIpc) is 2.71. The summed E-state index contributed by atoms with van der Waals surface area (Å²) < 4.78 is 6.34. The van der Waals surface area contributed by atoms with Gasteiger partial charge in [0.15, 0.2) is 6.61 Å². The molecule has 0 N–H and O–H groups in total. The van der Waals surface area contributed by atoms with Crippen LogP contribution in [0.15, 0.2) is 41.0 Å². The zero-order valence-corrected chi connectivity index (χ0v) is 17.3. The molecule has 1 saturated heterocycles. The van der Waals surface area contributed by atoms with Crippen molar-refractivity contribution in [2.75, 3.05) is 49.1 Å². The lowest BCUT2D eigenvalue weighted by atomic mass is 10.2. The lowest BCUT2D eigenvalue weighted by Gasteiger charge is -2.37. The first-order chi connectivity index (χ1) is 13.5. The number of fused-ring (bicyclic) bond motifs is 1. The number of carbonyl (C=O) groups is 2. The van der Waals surface area contributed by atoms with E-state index in [9.17, 15) is 9.59 Å². The molecule has 2 aliphatic rings. The summed E-state index contributed by atoms with van der Waals surface area (Å²) in [6.07, 6.45) is 1.62. The maximum Gasteiger partial charge on any atom is 0.265 e. The zero-order chi connectivity index (χ0) is 19.7. The van der Waals surface area contributed by atoms with Gasteiger partial charge in [0.2, 0.25) is 5.91 Å². The normalized spacial score (nSPS) is 16.6. The lowest BCUT2D eigenvalue weighted by molar-refractivity contribution is -0.132. The molecule has 3 heterocycles. The van der Waals surface area contributed by atoms with Gasteiger partial charge in [0.05, 0.1) is 10.7 Å². The van der Waals surface area contributed by atoms with E-state index in [-0.39, 0.29) is 25.0 Å². The number of carbonyl (C=O) groups excluding carboxylic acids is 2. The van der Waals surface area contributed by atoms with Gasteiger partial charge in [-0.15, -0.1) is 0 Å².